The summed E-state index contributed by atoms with van der Waals surface area (Å²) in [5.41, 5.74) is 0.815. The Labute approximate surface area is 72.2 Å². The molecule has 0 aliphatic carbocycles. The zero-order valence-corrected chi connectivity index (χ0v) is 7.08. The average Bonchev–Trinajstić information content (AvgIpc) is 2.51. The molecule has 0 bridgehead atoms. The van der Waals surface area contributed by atoms with E-state index >= 15 is 0 Å². The van der Waals surface area contributed by atoms with E-state index in [0.29, 0.717) is 6.42 Å². The van der Waals surface area contributed by atoms with Gasteiger partial charge < -0.3 is 9.52 Å². The van der Waals surface area contributed by atoms with Crippen molar-refractivity contribution in [3.8, 4) is 12.3 Å². The van der Waals surface area contributed by atoms with Crippen LogP contribution in [0, 0.1) is 12.3 Å². The third-order valence-electron chi connectivity index (χ3n) is 1.77. The molecule has 1 rings (SSSR count). The molecule has 12 heavy (non-hydrogen) atoms. The third-order valence-corrected chi connectivity index (χ3v) is 1.77. The molecule has 0 fully saturated rings. The van der Waals surface area contributed by atoms with Gasteiger partial charge in [0.05, 0.1) is 12.4 Å². The van der Waals surface area contributed by atoms with Gasteiger partial charge in [0.15, 0.2) is 0 Å². The molecule has 2 nitrogen and oxygen atoms in total. The Morgan fingerprint density at radius 1 is 1.75 bits per heavy atom. The Kier molecular flexibility index (Phi) is 2.95. The van der Waals surface area contributed by atoms with Crippen LogP contribution < -0.4 is 0 Å². The zero-order chi connectivity index (χ0) is 8.97. The van der Waals surface area contributed by atoms with E-state index < -0.39 is 6.10 Å². The fourth-order valence-corrected chi connectivity index (χ4v) is 1.16. The maximum absolute atomic E-state index is 9.52. The van der Waals surface area contributed by atoms with E-state index in [0.717, 1.165) is 17.7 Å². The summed E-state index contributed by atoms with van der Waals surface area (Å²) in [5.74, 6) is 3.23. The summed E-state index contributed by atoms with van der Waals surface area (Å²) in [4.78, 5) is 0. The van der Waals surface area contributed by atoms with Crippen LogP contribution in [0.3, 0.4) is 0 Å². The fourth-order valence-electron chi connectivity index (χ4n) is 1.16. The van der Waals surface area contributed by atoms with E-state index in [-0.39, 0.29) is 0 Å². The van der Waals surface area contributed by atoms with Gasteiger partial charge in [-0.2, -0.15) is 0 Å². The summed E-state index contributed by atoms with van der Waals surface area (Å²) in [6, 6.07) is 1.76. The first-order chi connectivity index (χ1) is 5.79. The fraction of sp³-hybridized carbons (Fsp3) is 0.400. The predicted molar refractivity (Wildman–Crippen MR) is 46.5 cm³/mol. The molecular formula is C10H12O2. The van der Waals surface area contributed by atoms with Crippen molar-refractivity contribution >= 4 is 0 Å². The number of terminal acetylenes is 1. The maximum Gasteiger partial charge on any atom is 0.109 e. The number of hydrogen-bond acceptors (Lipinski definition) is 2. The minimum Gasteiger partial charge on any atom is -0.469 e. The molecule has 0 aromatic carbocycles. The van der Waals surface area contributed by atoms with Gasteiger partial charge in [-0.25, -0.2) is 0 Å². The van der Waals surface area contributed by atoms with Gasteiger partial charge in [0.25, 0.3) is 0 Å². The van der Waals surface area contributed by atoms with E-state index in [4.69, 9.17) is 10.8 Å². The second kappa shape index (κ2) is 3.99. The molecule has 0 saturated carbocycles. The summed E-state index contributed by atoms with van der Waals surface area (Å²) < 4.78 is 5.15. The summed E-state index contributed by atoms with van der Waals surface area (Å²) in [6.45, 7) is 1.98. The smallest absolute Gasteiger partial charge is 0.109 e. The first-order valence-corrected chi connectivity index (χ1v) is 3.97. The van der Waals surface area contributed by atoms with Crippen molar-refractivity contribution in [2.24, 2.45) is 0 Å². The van der Waals surface area contributed by atoms with Gasteiger partial charge in [-0.1, -0.05) is 6.92 Å². The number of furan rings is 1. The van der Waals surface area contributed by atoms with Crippen molar-refractivity contribution in [1.82, 2.24) is 0 Å². The van der Waals surface area contributed by atoms with Gasteiger partial charge in [0.1, 0.15) is 5.76 Å². The molecule has 0 radical (unpaired) electrons. The number of aliphatic hydroxyl groups excluding tert-OH is 1. The zero-order valence-electron chi connectivity index (χ0n) is 7.08. The molecule has 0 aliphatic rings. The van der Waals surface area contributed by atoms with Gasteiger partial charge in [-0.3, -0.25) is 0 Å². The summed E-state index contributed by atoms with van der Waals surface area (Å²) in [5, 5.41) is 9.52. The highest BCUT2D eigenvalue weighted by atomic mass is 16.3. The quantitative estimate of drug-likeness (QED) is 0.692. The summed E-state index contributed by atoms with van der Waals surface area (Å²) >= 11 is 0. The van der Waals surface area contributed by atoms with Gasteiger partial charge in [-0.15, -0.1) is 12.3 Å². The maximum atomic E-state index is 9.52. The molecule has 0 spiro atoms. The summed E-state index contributed by atoms with van der Waals surface area (Å²) in [7, 11) is 0. The predicted octanol–water partition coefficient (Wildman–Crippen LogP) is 1.90. The van der Waals surface area contributed by atoms with Crippen LogP contribution in [0.1, 0.15) is 30.8 Å². The Morgan fingerprint density at radius 2 is 2.50 bits per heavy atom. The lowest BCUT2D eigenvalue weighted by Crippen LogP contribution is -1.97. The molecule has 0 saturated heterocycles. The first kappa shape index (κ1) is 8.89. The van der Waals surface area contributed by atoms with Crippen molar-refractivity contribution in [3.05, 3.63) is 23.7 Å². The van der Waals surface area contributed by atoms with Gasteiger partial charge in [0.2, 0.25) is 0 Å². The highest BCUT2D eigenvalue weighted by molar-refractivity contribution is 5.21. The second-order valence-electron chi connectivity index (χ2n) is 2.58. The van der Waals surface area contributed by atoms with Crippen molar-refractivity contribution in [2.75, 3.05) is 0 Å². The lowest BCUT2D eigenvalue weighted by molar-refractivity contribution is 0.181. The third kappa shape index (κ3) is 1.69. The Morgan fingerprint density at radius 3 is 3.08 bits per heavy atom. The van der Waals surface area contributed by atoms with Crippen LogP contribution >= 0.6 is 0 Å². The van der Waals surface area contributed by atoms with Crippen LogP contribution in [-0.4, -0.2) is 5.11 Å². The molecule has 1 unspecified atom stereocenters. The molecule has 1 aromatic rings. The molecule has 1 N–H and O–H groups in total. The molecule has 1 aromatic heterocycles. The first-order valence-electron chi connectivity index (χ1n) is 3.97. The van der Waals surface area contributed by atoms with Gasteiger partial charge >= 0.3 is 0 Å². The Bertz CT molecular complexity index is 280. The van der Waals surface area contributed by atoms with E-state index in [2.05, 4.69) is 5.92 Å². The van der Waals surface area contributed by atoms with Crippen LogP contribution in [0.4, 0.5) is 0 Å². The van der Waals surface area contributed by atoms with E-state index in [1.807, 2.05) is 6.92 Å². The minimum absolute atomic E-state index is 0.340. The van der Waals surface area contributed by atoms with E-state index in [1.165, 1.54) is 0 Å². The monoisotopic (exact) mass is 164 g/mol. The topological polar surface area (TPSA) is 33.4 Å². The number of aliphatic hydroxyl groups is 1. The van der Waals surface area contributed by atoms with Crippen molar-refractivity contribution < 1.29 is 9.52 Å². The number of rotatable bonds is 3. The molecule has 1 atom stereocenters. The molecule has 0 aliphatic heterocycles. The van der Waals surface area contributed by atoms with Gasteiger partial charge in [0, 0.05) is 18.4 Å². The molecule has 1 heterocycles. The van der Waals surface area contributed by atoms with Crippen LogP contribution in [0.15, 0.2) is 16.7 Å². The standard InChI is InChI=1S/C10H12O2/c1-3-5-9(11)8-6-7-12-10(8)4-2/h1,6-7,9,11H,4-5H2,2H3. The summed E-state index contributed by atoms with van der Waals surface area (Å²) in [6.07, 6.45) is 7.21. The van der Waals surface area contributed by atoms with Crippen LogP contribution in [0.2, 0.25) is 0 Å². The van der Waals surface area contributed by atoms with Crippen molar-refractivity contribution in [2.45, 2.75) is 25.9 Å². The van der Waals surface area contributed by atoms with Crippen LogP contribution in [-0.2, 0) is 6.42 Å². The van der Waals surface area contributed by atoms with Gasteiger partial charge in [-0.05, 0) is 6.07 Å². The van der Waals surface area contributed by atoms with E-state index in [1.54, 1.807) is 12.3 Å². The molecule has 0 amide bonds. The van der Waals surface area contributed by atoms with E-state index in [9.17, 15) is 5.11 Å². The lowest BCUT2D eigenvalue weighted by Gasteiger charge is -2.05. The Balaban J connectivity index is 2.80. The minimum atomic E-state index is -0.580. The molecule has 64 valence electrons. The number of hydrogen-bond donors (Lipinski definition) is 1. The molecular weight excluding hydrogens is 152 g/mol. The average molecular weight is 164 g/mol. The van der Waals surface area contributed by atoms with Crippen molar-refractivity contribution in [1.29, 1.82) is 0 Å². The highest BCUT2D eigenvalue weighted by Crippen LogP contribution is 2.21. The lowest BCUT2D eigenvalue weighted by atomic mass is 10.1. The SMILES string of the molecule is C#CCC(O)c1ccoc1CC. The normalized spacial score (nSPS) is 12.4. The largest absolute Gasteiger partial charge is 0.469 e. The second-order valence-corrected chi connectivity index (χ2v) is 2.58. The van der Waals surface area contributed by atoms with Crippen LogP contribution in [0.5, 0.6) is 0 Å². The van der Waals surface area contributed by atoms with Crippen molar-refractivity contribution in [3.63, 3.8) is 0 Å². The van der Waals surface area contributed by atoms with Crippen LogP contribution in [0.25, 0.3) is 0 Å². The Hall–Kier alpha value is -1.20. The highest BCUT2D eigenvalue weighted by Gasteiger charge is 2.12. The molecule has 2 heteroatoms. The number of aryl methyl sites for hydroxylation is 1.